The van der Waals surface area contributed by atoms with Gasteiger partial charge in [-0.1, -0.05) is 44.2 Å². The Hall–Kier alpha value is -1.84. The molecule has 0 saturated carbocycles. The second kappa shape index (κ2) is 6.58. The molecule has 2 aliphatic rings. The molecule has 0 aliphatic carbocycles. The molecule has 0 aromatic heterocycles. The molecular weight excluding hydrogens is 300 g/mol. The van der Waals surface area contributed by atoms with Crippen molar-refractivity contribution < 1.29 is 9.59 Å². The SMILES string of the molecule is CC(=O)N1CCC(C(=O)N2CC(c3ccccc3)C(C)(C)C2)CC1. The molecule has 0 N–H and O–H groups in total. The first-order valence-electron chi connectivity index (χ1n) is 8.98. The summed E-state index contributed by atoms with van der Waals surface area (Å²) in [7, 11) is 0. The summed E-state index contributed by atoms with van der Waals surface area (Å²) in [6, 6.07) is 10.5. The van der Waals surface area contributed by atoms with Crippen molar-refractivity contribution >= 4 is 11.8 Å². The van der Waals surface area contributed by atoms with Crippen LogP contribution in [0.3, 0.4) is 0 Å². The molecule has 1 unspecified atom stereocenters. The first-order valence-corrected chi connectivity index (χ1v) is 8.98. The predicted molar refractivity (Wildman–Crippen MR) is 94.5 cm³/mol. The van der Waals surface area contributed by atoms with Gasteiger partial charge < -0.3 is 9.80 Å². The van der Waals surface area contributed by atoms with Gasteiger partial charge in [-0.15, -0.1) is 0 Å². The average molecular weight is 328 g/mol. The van der Waals surface area contributed by atoms with E-state index in [1.807, 2.05) is 11.0 Å². The summed E-state index contributed by atoms with van der Waals surface area (Å²) in [5.41, 5.74) is 1.42. The largest absolute Gasteiger partial charge is 0.343 e. The molecular formula is C20H28N2O2. The van der Waals surface area contributed by atoms with Gasteiger partial charge in [0, 0.05) is 44.9 Å². The summed E-state index contributed by atoms with van der Waals surface area (Å²) in [4.78, 5) is 28.3. The Morgan fingerprint density at radius 2 is 1.67 bits per heavy atom. The van der Waals surface area contributed by atoms with E-state index in [0.29, 0.717) is 19.0 Å². The van der Waals surface area contributed by atoms with Crippen LogP contribution >= 0.6 is 0 Å². The molecule has 2 saturated heterocycles. The summed E-state index contributed by atoms with van der Waals surface area (Å²) >= 11 is 0. The van der Waals surface area contributed by atoms with Crippen molar-refractivity contribution in [1.82, 2.24) is 9.80 Å². The maximum atomic E-state index is 13.0. The Balaban J connectivity index is 1.66. The van der Waals surface area contributed by atoms with Gasteiger partial charge in [0.15, 0.2) is 0 Å². The second-order valence-electron chi connectivity index (χ2n) is 7.95. The molecule has 0 radical (unpaired) electrons. The average Bonchev–Trinajstić information content (AvgIpc) is 2.90. The van der Waals surface area contributed by atoms with Crippen molar-refractivity contribution in [3.8, 4) is 0 Å². The fourth-order valence-corrected chi connectivity index (χ4v) is 4.24. The Bertz CT molecular complexity index is 603. The summed E-state index contributed by atoms with van der Waals surface area (Å²) in [6.07, 6.45) is 1.59. The topological polar surface area (TPSA) is 40.6 Å². The third-order valence-electron chi connectivity index (χ3n) is 5.75. The molecule has 24 heavy (non-hydrogen) atoms. The zero-order chi connectivity index (χ0) is 17.3. The van der Waals surface area contributed by atoms with Crippen LogP contribution < -0.4 is 0 Å². The highest BCUT2D eigenvalue weighted by molar-refractivity contribution is 5.80. The molecule has 2 fully saturated rings. The summed E-state index contributed by atoms with van der Waals surface area (Å²) < 4.78 is 0. The zero-order valence-corrected chi connectivity index (χ0v) is 15.0. The molecule has 1 aromatic rings. The Morgan fingerprint density at radius 3 is 2.25 bits per heavy atom. The smallest absolute Gasteiger partial charge is 0.225 e. The number of likely N-dealkylation sites (tertiary alicyclic amines) is 2. The van der Waals surface area contributed by atoms with Gasteiger partial charge in [0.05, 0.1) is 0 Å². The molecule has 4 nitrogen and oxygen atoms in total. The summed E-state index contributed by atoms with van der Waals surface area (Å²) in [5, 5.41) is 0. The number of hydrogen-bond acceptors (Lipinski definition) is 2. The van der Waals surface area contributed by atoms with E-state index < -0.39 is 0 Å². The molecule has 1 atom stereocenters. The highest BCUT2D eigenvalue weighted by Crippen LogP contribution is 2.43. The highest BCUT2D eigenvalue weighted by atomic mass is 16.2. The highest BCUT2D eigenvalue weighted by Gasteiger charge is 2.43. The number of rotatable bonds is 2. The standard InChI is InChI=1S/C20H28N2O2/c1-15(23)21-11-9-17(10-12-21)19(24)22-13-18(20(2,3)14-22)16-7-5-4-6-8-16/h4-8,17-18H,9-14H2,1-3H3. The lowest BCUT2D eigenvalue weighted by molar-refractivity contribution is -0.139. The Morgan fingerprint density at radius 1 is 1.04 bits per heavy atom. The van der Waals surface area contributed by atoms with Crippen molar-refractivity contribution in [2.45, 2.75) is 39.5 Å². The van der Waals surface area contributed by atoms with Gasteiger partial charge in [-0.3, -0.25) is 9.59 Å². The third-order valence-corrected chi connectivity index (χ3v) is 5.75. The van der Waals surface area contributed by atoms with Gasteiger partial charge in [-0.05, 0) is 23.8 Å². The lowest BCUT2D eigenvalue weighted by Crippen LogP contribution is -2.43. The minimum Gasteiger partial charge on any atom is -0.343 e. The van der Waals surface area contributed by atoms with Gasteiger partial charge in [0.1, 0.15) is 0 Å². The monoisotopic (exact) mass is 328 g/mol. The van der Waals surface area contributed by atoms with E-state index in [2.05, 4.69) is 43.0 Å². The number of hydrogen-bond donors (Lipinski definition) is 0. The van der Waals surface area contributed by atoms with E-state index in [1.54, 1.807) is 6.92 Å². The van der Waals surface area contributed by atoms with Crippen LogP contribution in [-0.4, -0.2) is 47.8 Å². The molecule has 2 amide bonds. The number of piperidine rings is 1. The van der Waals surface area contributed by atoms with Crippen LogP contribution in [-0.2, 0) is 9.59 Å². The number of amides is 2. The summed E-state index contributed by atoms with van der Waals surface area (Å²) in [5.74, 6) is 0.864. The van der Waals surface area contributed by atoms with Crippen LogP contribution in [0.4, 0.5) is 0 Å². The molecule has 2 heterocycles. The molecule has 130 valence electrons. The fourth-order valence-electron chi connectivity index (χ4n) is 4.24. The first-order chi connectivity index (χ1) is 11.4. The first kappa shape index (κ1) is 17.0. The Labute approximate surface area is 144 Å². The fraction of sp³-hybridized carbons (Fsp3) is 0.600. The van der Waals surface area contributed by atoms with Gasteiger partial charge in [-0.2, -0.15) is 0 Å². The van der Waals surface area contributed by atoms with E-state index in [9.17, 15) is 9.59 Å². The van der Waals surface area contributed by atoms with Crippen LogP contribution in [0.1, 0.15) is 45.1 Å². The maximum absolute atomic E-state index is 13.0. The van der Waals surface area contributed by atoms with Crippen LogP contribution in [0.5, 0.6) is 0 Å². The number of carbonyl (C=O) groups is 2. The quantitative estimate of drug-likeness (QED) is 0.837. The summed E-state index contributed by atoms with van der Waals surface area (Å²) in [6.45, 7) is 9.18. The normalized spacial score (nSPS) is 24.2. The maximum Gasteiger partial charge on any atom is 0.225 e. The molecule has 1 aromatic carbocycles. The number of carbonyl (C=O) groups excluding carboxylic acids is 2. The molecule has 2 aliphatic heterocycles. The van der Waals surface area contributed by atoms with E-state index >= 15 is 0 Å². The minimum absolute atomic E-state index is 0.0749. The lowest BCUT2D eigenvalue weighted by atomic mass is 9.78. The van der Waals surface area contributed by atoms with Crippen molar-refractivity contribution in [3.05, 3.63) is 35.9 Å². The Kier molecular flexibility index (Phi) is 4.66. The van der Waals surface area contributed by atoms with Crippen LogP contribution in [0.15, 0.2) is 30.3 Å². The van der Waals surface area contributed by atoms with Crippen LogP contribution in [0.25, 0.3) is 0 Å². The van der Waals surface area contributed by atoms with Crippen LogP contribution in [0, 0.1) is 11.3 Å². The van der Waals surface area contributed by atoms with Gasteiger partial charge >= 0.3 is 0 Å². The van der Waals surface area contributed by atoms with Crippen molar-refractivity contribution in [3.63, 3.8) is 0 Å². The van der Waals surface area contributed by atoms with E-state index in [1.165, 1.54) is 5.56 Å². The van der Waals surface area contributed by atoms with Gasteiger partial charge in [0.25, 0.3) is 0 Å². The third kappa shape index (κ3) is 3.33. The van der Waals surface area contributed by atoms with Crippen molar-refractivity contribution in [1.29, 1.82) is 0 Å². The van der Waals surface area contributed by atoms with E-state index in [-0.39, 0.29) is 23.1 Å². The molecule has 0 spiro atoms. The molecule has 4 heteroatoms. The number of benzene rings is 1. The lowest BCUT2D eigenvalue weighted by Gasteiger charge is -2.32. The zero-order valence-electron chi connectivity index (χ0n) is 15.0. The second-order valence-corrected chi connectivity index (χ2v) is 7.95. The minimum atomic E-state index is 0.0749. The molecule has 3 rings (SSSR count). The van der Waals surface area contributed by atoms with Gasteiger partial charge in [0.2, 0.25) is 11.8 Å². The molecule has 0 bridgehead atoms. The van der Waals surface area contributed by atoms with Crippen molar-refractivity contribution in [2.24, 2.45) is 11.3 Å². The van der Waals surface area contributed by atoms with Crippen LogP contribution in [0.2, 0.25) is 0 Å². The van der Waals surface area contributed by atoms with Gasteiger partial charge in [-0.25, -0.2) is 0 Å². The van der Waals surface area contributed by atoms with E-state index in [4.69, 9.17) is 0 Å². The van der Waals surface area contributed by atoms with Crippen molar-refractivity contribution in [2.75, 3.05) is 26.2 Å². The number of nitrogens with zero attached hydrogens (tertiary/aromatic N) is 2. The predicted octanol–water partition coefficient (Wildman–Crippen LogP) is 2.90. The van der Waals surface area contributed by atoms with E-state index in [0.717, 1.165) is 25.9 Å².